The summed E-state index contributed by atoms with van der Waals surface area (Å²) in [6.45, 7) is 0. The third-order valence-electron chi connectivity index (χ3n) is 2.99. The first-order valence-electron chi connectivity index (χ1n) is 5.75. The summed E-state index contributed by atoms with van der Waals surface area (Å²) in [4.78, 5) is -0.567. The predicted octanol–water partition coefficient (Wildman–Crippen LogP) is 0.191. The zero-order valence-electron chi connectivity index (χ0n) is 11.4. The van der Waals surface area contributed by atoms with E-state index in [4.69, 9.17) is 0 Å². The van der Waals surface area contributed by atoms with Crippen LogP contribution in [0.2, 0.25) is 0 Å². The minimum Gasteiger partial charge on any atom is -0.744 e. The van der Waals surface area contributed by atoms with E-state index in [1.54, 1.807) is 0 Å². The van der Waals surface area contributed by atoms with Gasteiger partial charge in [-0.05, 0) is 22.4 Å². The SMILES string of the molecule is O=S(=O)([O-])c1cccc2c(CC(F)(F)C(F)F)cccc12.[Na+]. The molecule has 0 aliphatic heterocycles. The van der Waals surface area contributed by atoms with Crippen LogP contribution >= 0.6 is 0 Å². The fourth-order valence-electron chi connectivity index (χ4n) is 2.05. The van der Waals surface area contributed by atoms with Crippen LogP contribution in [0.25, 0.3) is 10.8 Å². The van der Waals surface area contributed by atoms with E-state index in [2.05, 4.69) is 0 Å². The van der Waals surface area contributed by atoms with Gasteiger partial charge in [0.25, 0.3) is 0 Å². The molecular weight excluding hydrogens is 335 g/mol. The Morgan fingerprint density at radius 1 is 1.05 bits per heavy atom. The van der Waals surface area contributed by atoms with E-state index in [1.165, 1.54) is 30.3 Å². The van der Waals surface area contributed by atoms with Crippen LogP contribution in [0.1, 0.15) is 5.56 Å². The number of rotatable bonds is 4. The van der Waals surface area contributed by atoms with E-state index in [-0.39, 0.29) is 45.9 Å². The minimum atomic E-state index is -4.79. The molecule has 0 fully saturated rings. The van der Waals surface area contributed by atoms with Gasteiger partial charge in [-0.25, -0.2) is 17.2 Å². The Balaban J connectivity index is 0.00000242. The number of hydrogen-bond acceptors (Lipinski definition) is 3. The van der Waals surface area contributed by atoms with Gasteiger partial charge in [-0.2, -0.15) is 8.78 Å². The van der Waals surface area contributed by atoms with Gasteiger partial charge in [0.1, 0.15) is 10.1 Å². The number of hydrogen-bond donors (Lipinski definition) is 0. The van der Waals surface area contributed by atoms with Crippen LogP contribution in [-0.4, -0.2) is 25.3 Å². The van der Waals surface area contributed by atoms with Crippen molar-refractivity contribution in [1.29, 1.82) is 0 Å². The molecule has 22 heavy (non-hydrogen) atoms. The molecule has 0 aromatic heterocycles. The van der Waals surface area contributed by atoms with E-state index in [1.807, 2.05) is 0 Å². The third kappa shape index (κ3) is 3.99. The molecular formula is C13H9F4NaO3S. The van der Waals surface area contributed by atoms with Gasteiger partial charge in [0.2, 0.25) is 0 Å². The number of alkyl halides is 4. The smallest absolute Gasteiger partial charge is 0.744 e. The third-order valence-corrected chi connectivity index (χ3v) is 3.88. The Labute approximate surface area is 146 Å². The fourth-order valence-corrected chi connectivity index (χ4v) is 2.74. The number of fused-ring (bicyclic) bond motifs is 1. The van der Waals surface area contributed by atoms with Gasteiger partial charge in [-0.3, -0.25) is 0 Å². The number of benzene rings is 2. The monoisotopic (exact) mass is 344 g/mol. The average molecular weight is 344 g/mol. The van der Waals surface area contributed by atoms with Gasteiger partial charge in [-0.1, -0.05) is 30.3 Å². The van der Waals surface area contributed by atoms with E-state index in [0.29, 0.717) is 0 Å². The summed E-state index contributed by atoms with van der Waals surface area (Å²) in [7, 11) is -4.79. The molecule has 0 saturated heterocycles. The van der Waals surface area contributed by atoms with Crippen molar-refractivity contribution in [3.63, 3.8) is 0 Å². The van der Waals surface area contributed by atoms with Crippen molar-refractivity contribution in [2.24, 2.45) is 0 Å². The Morgan fingerprint density at radius 3 is 2.14 bits per heavy atom. The summed E-state index contributed by atoms with van der Waals surface area (Å²) >= 11 is 0. The summed E-state index contributed by atoms with van der Waals surface area (Å²) < 4.78 is 84.3. The van der Waals surface area contributed by atoms with E-state index < -0.39 is 33.8 Å². The first-order chi connectivity index (χ1) is 9.63. The number of halogens is 4. The molecule has 2 rings (SSSR count). The molecule has 0 saturated carbocycles. The molecule has 0 N–H and O–H groups in total. The topological polar surface area (TPSA) is 57.2 Å². The van der Waals surface area contributed by atoms with Gasteiger partial charge in [-0.15, -0.1) is 0 Å². The molecule has 0 amide bonds. The first kappa shape index (κ1) is 19.4. The van der Waals surface area contributed by atoms with Crippen molar-refractivity contribution in [3.8, 4) is 0 Å². The van der Waals surface area contributed by atoms with Crippen LogP contribution in [0.15, 0.2) is 41.3 Å². The van der Waals surface area contributed by atoms with Crippen molar-refractivity contribution in [1.82, 2.24) is 0 Å². The molecule has 0 aliphatic rings. The molecule has 2 aromatic carbocycles. The van der Waals surface area contributed by atoms with Crippen molar-refractivity contribution in [3.05, 3.63) is 42.0 Å². The Morgan fingerprint density at radius 2 is 1.59 bits per heavy atom. The maximum absolute atomic E-state index is 13.2. The summed E-state index contributed by atoms with van der Waals surface area (Å²) in [5.74, 6) is -4.24. The predicted molar refractivity (Wildman–Crippen MR) is 66.6 cm³/mol. The standard InChI is InChI=1S/C13H10F4O3S.Na/c14-12(15)13(16,17)7-8-3-1-5-10-9(8)4-2-6-11(10)21(18,19)20;/h1-6,12H,7H2,(H,18,19,20);/q;+1/p-1. The second kappa shape index (κ2) is 6.84. The van der Waals surface area contributed by atoms with Gasteiger partial charge < -0.3 is 4.55 Å². The average Bonchev–Trinajstić information content (AvgIpc) is 2.36. The largest absolute Gasteiger partial charge is 1.00 e. The Bertz CT molecular complexity index is 778. The van der Waals surface area contributed by atoms with Gasteiger partial charge in [0.15, 0.2) is 0 Å². The Hall–Kier alpha value is -0.670. The van der Waals surface area contributed by atoms with Crippen LogP contribution in [0.5, 0.6) is 0 Å². The molecule has 3 nitrogen and oxygen atoms in total. The molecule has 0 bridgehead atoms. The van der Waals surface area contributed by atoms with Crippen LogP contribution in [0.4, 0.5) is 17.6 Å². The molecule has 114 valence electrons. The van der Waals surface area contributed by atoms with Gasteiger partial charge in [0.05, 0.1) is 4.90 Å². The van der Waals surface area contributed by atoms with Crippen molar-refractivity contribution in [2.75, 3.05) is 0 Å². The van der Waals surface area contributed by atoms with Gasteiger partial charge in [0, 0.05) is 6.42 Å². The van der Waals surface area contributed by atoms with Crippen LogP contribution in [0, 0.1) is 0 Å². The summed E-state index contributed by atoms with van der Waals surface area (Å²) in [6, 6.07) is 7.26. The Kier molecular flexibility index (Phi) is 6.02. The zero-order chi connectivity index (χ0) is 15.8. The van der Waals surface area contributed by atoms with Crippen LogP contribution in [0.3, 0.4) is 0 Å². The van der Waals surface area contributed by atoms with Crippen molar-refractivity contribution >= 4 is 20.9 Å². The summed E-state index contributed by atoms with van der Waals surface area (Å²) in [5.41, 5.74) is -0.150. The molecule has 0 atom stereocenters. The van der Waals surface area contributed by atoms with E-state index >= 15 is 0 Å². The second-order valence-electron chi connectivity index (χ2n) is 4.46. The van der Waals surface area contributed by atoms with Gasteiger partial charge >= 0.3 is 41.9 Å². The second-order valence-corrected chi connectivity index (χ2v) is 5.81. The fraction of sp³-hybridized carbons (Fsp3) is 0.231. The normalized spacial score (nSPS) is 12.5. The van der Waals surface area contributed by atoms with Crippen LogP contribution < -0.4 is 29.6 Å². The molecule has 0 heterocycles. The molecule has 0 spiro atoms. The molecule has 2 aromatic rings. The molecule has 0 radical (unpaired) electrons. The van der Waals surface area contributed by atoms with E-state index in [0.717, 1.165) is 6.07 Å². The quantitative estimate of drug-likeness (QED) is 0.452. The maximum Gasteiger partial charge on any atom is 1.00 e. The molecule has 0 aliphatic carbocycles. The van der Waals surface area contributed by atoms with Crippen LogP contribution in [-0.2, 0) is 16.5 Å². The van der Waals surface area contributed by atoms with Crippen molar-refractivity contribution in [2.45, 2.75) is 23.7 Å². The summed E-state index contributed by atoms with van der Waals surface area (Å²) in [6.07, 6.45) is -5.08. The molecule has 9 heteroatoms. The maximum atomic E-state index is 13.2. The molecule has 0 unspecified atom stereocenters. The van der Waals surface area contributed by atoms with E-state index in [9.17, 15) is 30.5 Å². The first-order valence-corrected chi connectivity index (χ1v) is 7.16. The minimum absolute atomic E-state index is 0. The van der Waals surface area contributed by atoms with Crippen molar-refractivity contribution < 1.29 is 60.1 Å². The summed E-state index contributed by atoms with van der Waals surface area (Å²) in [5, 5.41) is -0.0233. The zero-order valence-corrected chi connectivity index (χ0v) is 14.2.